The predicted octanol–water partition coefficient (Wildman–Crippen LogP) is 2.17. The van der Waals surface area contributed by atoms with Crippen LogP contribution in [0.15, 0.2) is 29.2 Å². The van der Waals surface area contributed by atoms with Crippen molar-refractivity contribution in [2.45, 2.75) is 24.2 Å². The van der Waals surface area contributed by atoms with Gasteiger partial charge >= 0.3 is 0 Å². The molecule has 1 heterocycles. The van der Waals surface area contributed by atoms with Crippen LogP contribution in [0.1, 0.15) is 18.4 Å². The van der Waals surface area contributed by atoms with E-state index in [-0.39, 0.29) is 5.92 Å². The molecule has 20 heavy (non-hydrogen) atoms. The van der Waals surface area contributed by atoms with Crippen molar-refractivity contribution >= 4 is 21.6 Å². The van der Waals surface area contributed by atoms with E-state index in [1.165, 1.54) is 0 Å². The number of hydrogen-bond acceptors (Lipinski definition) is 3. The molecule has 1 aliphatic rings. The van der Waals surface area contributed by atoms with Crippen molar-refractivity contribution in [3.63, 3.8) is 0 Å². The molecular formula is C14H20ClNO3S. The molecule has 1 N–H and O–H groups in total. The van der Waals surface area contributed by atoms with Crippen LogP contribution < -0.4 is 4.72 Å². The van der Waals surface area contributed by atoms with Crippen molar-refractivity contribution in [3.8, 4) is 0 Å². The van der Waals surface area contributed by atoms with Crippen LogP contribution in [0, 0.1) is 5.92 Å². The number of nitrogens with one attached hydrogen (secondary N) is 1. The Morgan fingerprint density at radius 3 is 2.65 bits per heavy atom. The molecule has 1 aromatic rings. The van der Waals surface area contributed by atoms with Gasteiger partial charge in [0.25, 0.3) is 0 Å². The fourth-order valence-electron chi connectivity index (χ4n) is 2.22. The Kier molecular flexibility index (Phi) is 5.84. The highest BCUT2D eigenvalue weighted by Gasteiger charge is 2.19. The smallest absolute Gasteiger partial charge is 0.240 e. The highest BCUT2D eigenvalue weighted by Crippen LogP contribution is 2.15. The van der Waals surface area contributed by atoms with E-state index in [9.17, 15) is 8.42 Å². The van der Waals surface area contributed by atoms with E-state index in [1.807, 2.05) is 0 Å². The summed E-state index contributed by atoms with van der Waals surface area (Å²) in [5.74, 6) is 0.806. The molecule has 1 aliphatic heterocycles. The van der Waals surface area contributed by atoms with E-state index < -0.39 is 10.0 Å². The molecule has 1 unspecified atom stereocenters. The van der Waals surface area contributed by atoms with Crippen molar-refractivity contribution in [1.82, 2.24) is 4.72 Å². The average molecular weight is 318 g/mol. The van der Waals surface area contributed by atoms with Crippen LogP contribution in [0.5, 0.6) is 0 Å². The number of alkyl halides is 1. The van der Waals surface area contributed by atoms with Gasteiger partial charge in [-0.2, -0.15) is 0 Å². The molecule has 0 saturated carbocycles. The minimum absolute atomic E-state index is 0.272. The lowest BCUT2D eigenvalue weighted by atomic mass is 10.0. The van der Waals surface area contributed by atoms with E-state index in [4.69, 9.17) is 16.3 Å². The lowest BCUT2D eigenvalue weighted by Gasteiger charge is -2.22. The zero-order valence-electron chi connectivity index (χ0n) is 11.3. The maximum atomic E-state index is 12.2. The first-order valence-electron chi connectivity index (χ1n) is 6.84. The third-order valence-corrected chi connectivity index (χ3v) is 5.06. The Labute approximate surface area is 125 Å². The number of rotatable bonds is 6. The van der Waals surface area contributed by atoms with Crippen LogP contribution >= 0.6 is 11.6 Å². The van der Waals surface area contributed by atoms with E-state index in [0.29, 0.717) is 23.9 Å². The van der Waals surface area contributed by atoms with Gasteiger partial charge in [0.1, 0.15) is 0 Å². The summed E-state index contributed by atoms with van der Waals surface area (Å²) < 4.78 is 32.3. The first-order valence-corrected chi connectivity index (χ1v) is 8.86. The van der Waals surface area contributed by atoms with Gasteiger partial charge < -0.3 is 4.74 Å². The highest BCUT2D eigenvalue weighted by molar-refractivity contribution is 7.89. The normalized spacial score (nSPS) is 19.9. The third-order valence-electron chi connectivity index (χ3n) is 3.43. The predicted molar refractivity (Wildman–Crippen MR) is 79.6 cm³/mol. The zero-order valence-corrected chi connectivity index (χ0v) is 12.9. The monoisotopic (exact) mass is 317 g/mol. The van der Waals surface area contributed by atoms with Crippen molar-refractivity contribution in [2.75, 3.05) is 25.6 Å². The molecule has 112 valence electrons. The molecule has 1 aromatic carbocycles. The highest BCUT2D eigenvalue weighted by atomic mass is 35.5. The first kappa shape index (κ1) is 15.8. The topological polar surface area (TPSA) is 55.4 Å². The second kappa shape index (κ2) is 7.41. The van der Waals surface area contributed by atoms with E-state index >= 15 is 0 Å². The van der Waals surface area contributed by atoms with Gasteiger partial charge in [0.15, 0.2) is 0 Å². The van der Waals surface area contributed by atoms with Crippen LogP contribution in [0.4, 0.5) is 0 Å². The zero-order chi connectivity index (χ0) is 14.4. The first-order chi connectivity index (χ1) is 9.62. The van der Waals surface area contributed by atoms with Crippen LogP contribution in [-0.2, 0) is 21.2 Å². The minimum Gasteiger partial charge on any atom is -0.381 e. The van der Waals surface area contributed by atoms with Gasteiger partial charge in [-0.1, -0.05) is 12.1 Å². The standard InChI is InChI=1S/C14H20ClNO3S/c15-8-7-12-3-5-14(6-4-12)20(17,18)16-10-13-2-1-9-19-11-13/h3-6,13,16H,1-2,7-11H2. The summed E-state index contributed by atoms with van der Waals surface area (Å²) in [5.41, 5.74) is 1.04. The summed E-state index contributed by atoms with van der Waals surface area (Å²) in [6.45, 7) is 1.86. The Hall–Kier alpha value is -0.620. The average Bonchev–Trinajstić information content (AvgIpc) is 2.47. The van der Waals surface area contributed by atoms with Crippen LogP contribution in [0.25, 0.3) is 0 Å². The number of ether oxygens (including phenoxy) is 1. The summed E-state index contributed by atoms with van der Waals surface area (Å²) in [5, 5.41) is 0. The Morgan fingerprint density at radius 1 is 1.30 bits per heavy atom. The summed E-state index contributed by atoms with van der Waals surface area (Å²) in [6, 6.07) is 6.87. The molecule has 1 saturated heterocycles. The summed E-state index contributed by atoms with van der Waals surface area (Å²) >= 11 is 5.66. The molecule has 0 aromatic heterocycles. The van der Waals surface area contributed by atoms with E-state index in [0.717, 1.165) is 31.4 Å². The molecule has 4 nitrogen and oxygen atoms in total. The molecule has 1 fully saturated rings. The fourth-order valence-corrected chi connectivity index (χ4v) is 3.56. The maximum absolute atomic E-state index is 12.2. The van der Waals surface area contributed by atoms with Crippen LogP contribution in [0.3, 0.4) is 0 Å². The fraction of sp³-hybridized carbons (Fsp3) is 0.571. The molecule has 2 rings (SSSR count). The van der Waals surface area contributed by atoms with Gasteiger partial charge in [0.05, 0.1) is 11.5 Å². The van der Waals surface area contributed by atoms with Crippen molar-refractivity contribution < 1.29 is 13.2 Å². The molecular weight excluding hydrogens is 298 g/mol. The lowest BCUT2D eigenvalue weighted by Crippen LogP contribution is -2.33. The van der Waals surface area contributed by atoms with Crippen molar-refractivity contribution in [2.24, 2.45) is 5.92 Å². The Bertz CT molecular complexity index is 510. The van der Waals surface area contributed by atoms with Crippen molar-refractivity contribution in [3.05, 3.63) is 29.8 Å². The summed E-state index contributed by atoms with van der Waals surface area (Å²) in [7, 11) is -3.43. The molecule has 0 bridgehead atoms. The molecule has 0 radical (unpaired) electrons. The van der Waals surface area contributed by atoms with Gasteiger partial charge in [-0.15, -0.1) is 11.6 Å². The number of aryl methyl sites for hydroxylation is 1. The second-order valence-corrected chi connectivity index (χ2v) is 7.16. The second-order valence-electron chi connectivity index (χ2n) is 5.02. The van der Waals surface area contributed by atoms with Gasteiger partial charge in [0, 0.05) is 19.0 Å². The third kappa shape index (κ3) is 4.45. The van der Waals surface area contributed by atoms with Gasteiger partial charge in [-0.05, 0) is 42.9 Å². The lowest BCUT2D eigenvalue weighted by molar-refractivity contribution is 0.0568. The number of sulfonamides is 1. The molecule has 6 heteroatoms. The number of halogens is 1. The number of hydrogen-bond donors (Lipinski definition) is 1. The van der Waals surface area contributed by atoms with Gasteiger partial charge in [0.2, 0.25) is 10.0 Å². The van der Waals surface area contributed by atoms with Crippen LogP contribution in [0.2, 0.25) is 0 Å². The molecule has 1 atom stereocenters. The largest absolute Gasteiger partial charge is 0.381 e. The molecule has 0 spiro atoms. The number of benzene rings is 1. The van der Waals surface area contributed by atoms with Crippen molar-refractivity contribution in [1.29, 1.82) is 0 Å². The Morgan fingerprint density at radius 2 is 2.05 bits per heavy atom. The molecule has 0 aliphatic carbocycles. The molecule has 0 amide bonds. The minimum atomic E-state index is -3.43. The Balaban J connectivity index is 1.94. The van der Waals surface area contributed by atoms with E-state index in [1.54, 1.807) is 24.3 Å². The summed E-state index contributed by atoms with van der Waals surface area (Å²) in [4.78, 5) is 0.299. The van der Waals surface area contributed by atoms with Gasteiger partial charge in [-0.25, -0.2) is 13.1 Å². The quantitative estimate of drug-likeness (QED) is 0.818. The summed E-state index contributed by atoms with van der Waals surface area (Å²) in [6.07, 6.45) is 2.76. The maximum Gasteiger partial charge on any atom is 0.240 e. The van der Waals surface area contributed by atoms with Gasteiger partial charge in [-0.3, -0.25) is 0 Å². The van der Waals surface area contributed by atoms with E-state index in [2.05, 4.69) is 4.72 Å². The van der Waals surface area contributed by atoms with Crippen LogP contribution in [-0.4, -0.2) is 34.1 Å². The SMILES string of the molecule is O=S(=O)(NCC1CCCOC1)c1ccc(CCCl)cc1.